The number of ether oxygens (including phenoxy) is 2. The van der Waals surface area contributed by atoms with Gasteiger partial charge in [0, 0.05) is 12.6 Å². The zero-order chi connectivity index (χ0) is 18.1. The van der Waals surface area contributed by atoms with Crippen LogP contribution < -0.4 is 4.74 Å². The maximum Gasteiger partial charge on any atom is 0.410 e. The molecule has 1 aromatic carbocycles. The van der Waals surface area contributed by atoms with Crippen LogP contribution >= 0.6 is 0 Å². The summed E-state index contributed by atoms with van der Waals surface area (Å²) in [6.45, 7) is 13.0. The fourth-order valence-electron chi connectivity index (χ4n) is 3.19. The highest BCUT2D eigenvalue weighted by Crippen LogP contribution is 2.33. The van der Waals surface area contributed by atoms with Gasteiger partial charge in [0.2, 0.25) is 0 Å². The Balaban J connectivity index is 2.35. The highest BCUT2D eigenvalue weighted by Gasteiger charge is 2.37. The topological polar surface area (TPSA) is 38.8 Å². The lowest BCUT2D eigenvalue weighted by Crippen LogP contribution is -2.50. The first kappa shape index (κ1) is 18.6. The summed E-state index contributed by atoms with van der Waals surface area (Å²) in [7, 11) is 1.69. The molecule has 0 bridgehead atoms. The van der Waals surface area contributed by atoms with Crippen molar-refractivity contribution in [1.29, 1.82) is 0 Å². The number of rotatable bonds is 1. The molecule has 0 saturated heterocycles. The summed E-state index contributed by atoms with van der Waals surface area (Å²) in [5, 5.41) is 0. The highest BCUT2D eigenvalue weighted by molar-refractivity contribution is 5.69. The number of amides is 1. The summed E-state index contributed by atoms with van der Waals surface area (Å²) in [5.41, 5.74) is 2.03. The van der Waals surface area contributed by atoms with Gasteiger partial charge in [-0.2, -0.15) is 0 Å². The van der Waals surface area contributed by atoms with Crippen molar-refractivity contribution in [3.05, 3.63) is 29.3 Å². The second-order valence-corrected chi connectivity index (χ2v) is 8.64. The fraction of sp³-hybridized carbons (Fsp3) is 0.650. The van der Waals surface area contributed by atoms with Gasteiger partial charge in [-0.25, -0.2) is 4.79 Å². The van der Waals surface area contributed by atoms with E-state index in [-0.39, 0.29) is 17.6 Å². The molecular weight excluding hydrogens is 302 g/mol. The standard InChI is InChI=1S/C20H31NO3/c1-19(2,3)17-13-15-12-16(23-7)9-8-14(15)10-11-21(17)18(22)24-20(4,5)6/h8-9,12,17H,10-11,13H2,1-7H3. The lowest BCUT2D eigenvalue weighted by Gasteiger charge is -2.39. The van der Waals surface area contributed by atoms with Crippen molar-refractivity contribution in [3.63, 3.8) is 0 Å². The van der Waals surface area contributed by atoms with E-state index in [1.807, 2.05) is 31.7 Å². The van der Waals surface area contributed by atoms with Crippen LogP contribution in [0, 0.1) is 5.41 Å². The zero-order valence-corrected chi connectivity index (χ0v) is 16.1. The Bertz CT molecular complexity index is 596. The number of fused-ring (bicyclic) bond motifs is 1. The van der Waals surface area contributed by atoms with E-state index in [0.717, 1.165) is 18.6 Å². The molecule has 1 aliphatic heterocycles. The van der Waals surface area contributed by atoms with Gasteiger partial charge in [0.05, 0.1) is 7.11 Å². The molecule has 0 spiro atoms. The van der Waals surface area contributed by atoms with Crippen LogP contribution in [0.3, 0.4) is 0 Å². The third-order valence-corrected chi connectivity index (χ3v) is 4.45. The van der Waals surface area contributed by atoms with E-state index in [2.05, 4.69) is 32.9 Å². The second kappa shape index (κ2) is 6.66. The Morgan fingerprint density at radius 1 is 1.12 bits per heavy atom. The summed E-state index contributed by atoms with van der Waals surface area (Å²) in [6.07, 6.45) is 1.43. The van der Waals surface area contributed by atoms with E-state index >= 15 is 0 Å². The summed E-state index contributed by atoms with van der Waals surface area (Å²) in [6, 6.07) is 6.30. The van der Waals surface area contributed by atoms with E-state index < -0.39 is 5.60 Å². The van der Waals surface area contributed by atoms with Gasteiger partial charge >= 0.3 is 6.09 Å². The van der Waals surface area contributed by atoms with Gasteiger partial charge in [0.15, 0.2) is 0 Å². The lowest BCUT2D eigenvalue weighted by atomic mass is 9.82. The van der Waals surface area contributed by atoms with Crippen molar-refractivity contribution in [1.82, 2.24) is 4.90 Å². The van der Waals surface area contributed by atoms with Gasteiger partial charge in [-0.1, -0.05) is 26.8 Å². The third-order valence-electron chi connectivity index (χ3n) is 4.45. The van der Waals surface area contributed by atoms with Crippen molar-refractivity contribution in [2.45, 2.75) is 66.0 Å². The maximum atomic E-state index is 12.8. The van der Waals surface area contributed by atoms with E-state index in [9.17, 15) is 4.79 Å². The fourth-order valence-corrected chi connectivity index (χ4v) is 3.19. The number of methoxy groups -OCH3 is 1. The van der Waals surface area contributed by atoms with Crippen LogP contribution in [-0.4, -0.2) is 36.3 Å². The van der Waals surface area contributed by atoms with E-state index in [0.29, 0.717) is 6.54 Å². The molecule has 0 aromatic heterocycles. The number of nitrogens with zero attached hydrogens (tertiary/aromatic N) is 1. The van der Waals surface area contributed by atoms with Crippen LogP contribution in [0.5, 0.6) is 5.75 Å². The van der Waals surface area contributed by atoms with Gasteiger partial charge in [0.25, 0.3) is 0 Å². The molecular formula is C20H31NO3. The Kier molecular flexibility index (Phi) is 5.17. The number of carbonyl (C=O) groups excluding carboxylic acids is 1. The molecule has 4 heteroatoms. The van der Waals surface area contributed by atoms with Crippen LogP contribution in [0.2, 0.25) is 0 Å². The SMILES string of the molecule is COc1ccc2c(c1)CC(C(C)(C)C)N(C(=O)OC(C)(C)C)CC2. The number of hydrogen-bond acceptors (Lipinski definition) is 3. The number of hydrogen-bond donors (Lipinski definition) is 0. The molecule has 0 radical (unpaired) electrons. The predicted octanol–water partition coefficient (Wildman–Crippen LogP) is 4.45. The normalized spacial score (nSPS) is 18.6. The smallest absolute Gasteiger partial charge is 0.410 e. The number of carbonyl (C=O) groups is 1. The third kappa shape index (κ3) is 4.43. The Morgan fingerprint density at radius 2 is 1.79 bits per heavy atom. The Morgan fingerprint density at radius 3 is 2.33 bits per heavy atom. The summed E-state index contributed by atoms with van der Waals surface area (Å²) in [4.78, 5) is 14.7. The molecule has 0 N–H and O–H groups in total. The molecule has 4 nitrogen and oxygen atoms in total. The van der Waals surface area contributed by atoms with Crippen LogP contribution in [0.1, 0.15) is 52.7 Å². The minimum atomic E-state index is -0.484. The molecule has 1 atom stereocenters. The predicted molar refractivity (Wildman–Crippen MR) is 96.6 cm³/mol. The first-order valence-electron chi connectivity index (χ1n) is 8.66. The monoisotopic (exact) mass is 333 g/mol. The summed E-state index contributed by atoms with van der Waals surface area (Å²) in [5.74, 6) is 0.868. The average Bonchev–Trinajstić information content (AvgIpc) is 2.63. The van der Waals surface area contributed by atoms with Crippen LogP contribution in [0.4, 0.5) is 4.79 Å². The van der Waals surface area contributed by atoms with Gasteiger partial charge in [-0.05, 0) is 62.3 Å². The van der Waals surface area contributed by atoms with Crippen LogP contribution in [0.25, 0.3) is 0 Å². The molecule has 1 aromatic rings. The lowest BCUT2D eigenvalue weighted by molar-refractivity contribution is 0.00354. The Hall–Kier alpha value is -1.71. The molecule has 0 fully saturated rings. The van der Waals surface area contributed by atoms with Crippen molar-refractivity contribution in [3.8, 4) is 5.75 Å². The van der Waals surface area contributed by atoms with Crippen molar-refractivity contribution < 1.29 is 14.3 Å². The van der Waals surface area contributed by atoms with E-state index in [1.54, 1.807) is 7.11 Å². The Labute approximate surface area is 146 Å². The first-order valence-corrected chi connectivity index (χ1v) is 8.66. The molecule has 1 unspecified atom stereocenters. The minimum Gasteiger partial charge on any atom is -0.497 e. The van der Waals surface area contributed by atoms with E-state index in [1.165, 1.54) is 11.1 Å². The van der Waals surface area contributed by atoms with Crippen molar-refractivity contribution >= 4 is 6.09 Å². The maximum absolute atomic E-state index is 12.8. The molecule has 1 amide bonds. The van der Waals surface area contributed by atoms with Gasteiger partial charge in [0.1, 0.15) is 11.4 Å². The number of benzene rings is 1. The van der Waals surface area contributed by atoms with Crippen LogP contribution in [0.15, 0.2) is 18.2 Å². The minimum absolute atomic E-state index is 0.0401. The summed E-state index contributed by atoms with van der Waals surface area (Å²) >= 11 is 0. The molecule has 24 heavy (non-hydrogen) atoms. The first-order chi connectivity index (χ1) is 11.0. The van der Waals surface area contributed by atoms with Crippen molar-refractivity contribution in [2.24, 2.45) is 5.41 Å². The molecule has 1 heterocycles. The summed E-state index contributed by atoms with van der Waals surface area (Å²) < 4.78 is 11.0. The van der Waals surface area contributed by atoms with E-state index in [4.69, 9.17) is 9.47 Å². The second-order valence-electron chi connectivity index (χ2n) is 8.64. The molecule has 134 valence electrons. The molecule has 1 aliphatic rings. The molecule has 0 aliphatic carbocycles. The van der Waals surface area contributed by atoms with Crippen molar-refractivity contribution in [2.75, 3.05) is 13.7 Å². The van der Waals surface area contributed by atoms with Gasteiger partial charge in [-0.15, -0.1) is 0 Å². The average molecular weight is 333 g/mol. The largest absolute Gasteiger partial charge is 0.497 e. The van der Waals surface area contributed by atoms with Gasteiger partial charge < -0.3 is 14.4 Å². The molecule has 2 rings (SSSR count). The highest BCUT2D eigenvalue weighted by atomic mass is 16.6. The zero-order valence-electron chi connectivity index (χ0n) is 16.1. The molecule has 0 saturated carbocycles. The quantitative estimate of drug-likeness (QED) is 0.762. The van der Waals surface area contributed by atoms with Gasteiger partial charge in [-0.3, -0.25) is 0 Å². The van der Waals surface area contributed by atoms with Crippen LogP contribution in [-0.2, 0) is 17.6 Å².